The monoisotopic (exact) mass is 353 g/mol. The number of hydrogen-bond donors (Lipinski definition) is 1. The molecule has 0 fully saturated rings. The highest BCUT2D eigenvalue weighted by Gasteiger charge is 2.30. The van der Waals surface area contributed by atoms with E-state index in [9.17, 15) is 17.6 Å². The number of oxime groups is 1. The fourth-order valence-corrected chi connectivity index (χ4v) is 2.68. The minimum atomic E-state index is -4.33. The van der Waals surface area contributed by atoms with Crippen LogP contribution in [0, 0.1) is 5.82 Å². The van der Waals surface area contributed by atoms with Gasteiger partial charge >= 0.3 is 6.18 Å². The second-order valence-corrected chi connectivity index (χ2v) is 5.90. The van der Waals surface area contributed by atoms with Crippen molar-refractivity contribution >= 4 is 5.71 Å². The Hall–Kier alpha value is -2.41. The Morgan fingerprint density at radius 1 is 1.12 bits per heavy atom. The topological polar surface area (TPSA) is 38.2 Å². The van der Waals surface area contributed by atoms with E-state index in [0.717, 1.165) is 23.4 Å². The van der Waals surface area contributed by atoms with E-state index in [0.29, 0.717) is 25.1 Å². The van der Waals surface area contributed by atoms with Gasteiger partial charge < -0.3 is 10.2 Å². The Bertz CT molecular complexity index is 756. The van der Waals surface area contributed by atoms with Crippen molar-refractivity contribution in [3.05, 3.63) is 71.0 Å². The maximum Gasteiger partial charge on any atom is 0.416 e. The van der Waals surface area contributed by atoms with Gasteiger partial charge in [-0.15, -0.1) is 0 Å². The Morgan fingerprint density at radius 3 is 2.60 bits per heavy atom. The molecule has 25 heavy (non-hydrogen) atoms. The van der Waals surface area contributed by atoms with Crippen molar-refractivity contribution in [3.63, 3.8) is 0 Å². The molecule has 3 nitrogen and oxygen atoms in total. The van der Waals surface area contributed by atoms with Crippen molar-refractivity contribution in [2.75, 3.05) is 6.54 Å². The maximum absolute atomic E-state index is 12.9. The van der Waals surface area contributed by atoms with E-state index in [4.69, 9.17) is 4.84 Å². The molecule has 1 aliphatic heterocycles. The first-order valence-electron chi connectivity index (χ1n) is 7.88. The predicted molar refractivity (Wildman–Crippen MR) is 84.4 cm³/mol. The van der Waals surface area contributed by atoms with Gasteiger partial charge in [0.25, 0.3) is 0 Å². The van der Waals surface area contributed by atoms with E-state index in [-0.39, 0.29) is 11.9 Å². The Balaban J connectivity index is 1.49. The van der Waals surface area contributed by atoms with Gasteiger partial charge in [0.1, 0.15) is 18.9 Å². The SMILES string of the molecule is Fc1ccc(C2=NO[C@H](C[NH2+]Cc3cccc(C(F)(F)F)c3)C2)cc1. The smallest absolute Gasteiger partial charge is 0.386 e. The molecule has 1 heterocycles. The Morgan fingerprint density at radius 2 is 1.88 bits per heavy atom. The summed E-state index contributed by atoms with van der Waals surface area (Å²) in [5, 5.41) is 5.91. The molecule has 0 unspecified atom stereocenters. The summed E-state index contributed by atoms with van der Waals surface area (Å²) in [7, 11) is 0. The second-order valence-electron chi connectivity index (χ2n) is 5.90. The normalized spacial score (nSPS) is 17.3. The van der Waals surface area contributed by atoms with Gasteiger partial charge in [-0.25, -0.2) is 4.39 Å². The number of hydrogen-bond acceptors (Lipinski definition) is 2. The fraction of sp³-hybridized carbons (Fsp3) is 0.278. The first kappa shape index (κ1) is 17.4. The lowest BCUT2D eigenvalue weighted by Crippen LogP contribution is -2.84. The Kier molecular flexibility index (Phi) is 5.03. The molecular weight excluding hydrogens is 336 g/mol. The number of halogens is 4. The highest BCUT2D eigenvalue weighted by Crippen LogP contribution is 2.29. The number of nitrogens with zero attached hydrogens (tertiary/aromatic N) is 1. The third-order valence-electron chi connectivity index (χ3n) is 3.97. The molecule has 0 aromatic heterocycles. The van der Waals surface area contributed by atoms with Gasteiger partial charge in [-0.2, -0.15) is 13.2 Å². The number of benzene rings is 2. The van der Waals surface area contributed by atoms with Crippen LogP contribution in [0.15, 0.2) is 53.7 Å². The van der Waals surface area contributed by atoms with Crippen LogP contribution >= 0.6 is 0 Å². The minimum absolute atomic E-state index is 0.147. The molecule has 0 spiro atoms. The molecule has 2 aromatic rings. The van der Waals surface area contributed by atoms with E-state index < -0.39 is 11.7 Å². The maximum atomic E-state index is 12.9. The van der Waals surface area contributed by atoms with E-state index in [1.165, 1.54) is 18.2 Å². The highest BCUT2D eigenvalue weighted by molar-refractivity contribution is 6.01. The summed E-state index contributed by atoms with van der Waals surface area (Å²) < 4.78 is 51.0. The third kappa shape index (κ3) is 4.57. The van der Waals surface area contributed by atoms with Crippen LogP contribution < -0.4 is 5.32 Å². The summed E-state index contributed by atoms with van der Waals surface area (Å²) in [6, 6.07) is 11.3. The zero-order valence-electron chi connectivity index (χ0n) is 13.3. The summed E-state index contributed by atoms with van der Waals surface area (Å²) >= 11 is 0. The van der Waals surface area contributed by atoms with Crippen LogP contribution in [0.25, 0.3) is 0 Å². The number of nitrogens with two attached hydrogens (primary N) is 1. The largest absolute Gasteiger partial charge is 0.416 e. The number of alkyl halides is 3. The minimum Gasteiger partial charge on any atom is -0.386 e. The first-order chi connectivity index (χ1) is 11.9. The molecule has 3 rings (SSSR count). The molecule has 132 valence electrons. The van der Waals surface area contributed by atoms with Crippen LogP contribution in [-0.2, 0) is 17.6 Å². The molecule has 0 saturated heterocycles. The van der Waals surface area contributed by atoms with Crippen LogP contribution in [-0.4, -0.2) is 18.4 Å². The predicted octanol–water partition coefficient (Wildman–Crippen LogP) is 3.10. The van der Waals surface area contributed by atoms with Crippen molar-refractivity contribution in [1.29, 1.82) is 0 Å². The molecule has 0 radical (unpaired) electrons. The van der Waals surface area contributed by atoms with Crippen LogP contribution in [0.4, 0.5) is 17.6 Å². The standard InChI is InChI=1S/C18H16F4N2O/c19-15-6-4-13(5-7-15)17-9-16(25-24-17)11-23-10-12-2-1-3-14(8-12)18(20,21)22/h1-8,16,23H,9-11H2/p+1/t16-/m0/s1. The lowest BCUT2D eigenvalue weighted by Gasteiger charge is -2.09. The first-order valence-corrected chi connectivity index (χ1v) is 7.88. The molecule has 0 aliphatic carbocycles. The Labute approximate surface area is 142 Å². The molecule has 1 atom stereocenters. The summed E-state index contributed by atoms with van der Waals surface area (Å²) in [6.45, 7) is 1.00. The van der Waals surface area contributed by atoms with Crippen molar-refractivity contribution in [3.8, 4) is 0 Å². The van der Waals surface area contributed by atoms with Crippen LogP contribution in [0.3, 0.4) is 0 Å². The van der Waals surface area contributed by atoms with Crippen molar-refractivity contribution in [1.82, 2.24) is 0 Å². The van der Waals surface area contributed by atoms with Gasteiger partial charge in [-0.3, -0.25) is 0 Å². The summed E-state index contributed by atoms with van der Waals surface area (Å²) in [5.74, 6) is -0.311. The van der Waals surface area contributed by atoms with Gasteiger partial charge in [0.2, 0.25) is 0 Å². The summed E-state index contributed by atoms with van der Waals surface area (Å²) in [6.07, 6.45) is -3.89. The quantitative estimate of drug-likeness (QED) is 0.825. The lowest BCUT2D eigenvalue weighted by molar-refractivity contribution is -0.676. The molecular formula is C18H17F4N2O+. The number of quaternary nitrogens is 1. The number of rotatable bonds is 5. The molecule has 7 heteroatoms. The molecule has 0 saturated carbocycles. The van der Waals surface area contributed by atoms with Gasteiger partial charge in [0.05, 0.1) is 11.3 Å². The lowest BCUT2D eigenvalue weighted by atomic mass is 10.0. The zero-order valence-corrected chi connectivity index (χ0v) is 13.3. The second kappa shape index (κ2) is 7.23. The molecule has 0 bridgehead atoms. The molecule has 0 amide bonds. The summed E-state index contributed by atoms with van der Waals surface area (Å²) in [5.41, 5.74) is 1.52. The average Bonchev–Trinajstić information content (AvgIpc) is 3.04. The van der Waals surface area contributed by atoms with Gasteiger partial charge in [-0.1, -0.05) is 29.4 Å². The van der Waals surface area contributed by atoms with E-state index in [1.54, 1.807) is 18.2 Å². The van der Waals surface area contributed by atoms with E-state index in [1.807, 2.05) is 5.32 Å². The third-order valence-corrected chi connectivity index (χ3v) is 3.97. The van der Waals surface area contributed by atoms with E-state index in [2.05, 4.69) is 5.16 Å². The van der Waals surface area contributed by atoms with Gasteiger partial charge in [0, 0.05) is 12.0 Å². The molecule has 1 aliphatic rings. The van der Waals surface area contributed by atoms with Crippen molar-refractivity contribution in [2.24, 2.45) is 5.16 Å². The molecule has 2 aromatic carbocycles. The van der Waals surface area contributed by atoms with Crippen molar-refractivity contribution < 1.29 is 27.7 Å². The van der Waals surface area contributed by atoms with E-state index >= 15 is 0 Å². The van der Waals surface area contributed by atoms with Gasteiger partial charge in [-0.05, 0) is 29.8 Å². The fourth-order valence-electron chi connectivity index (χ4n) is 2.68. The zero-order chi connectivity index (χ0) is 17.9. The van der Waals surface area contributed by atoms with Crippen LogP contribution in [0.5, 0.6) is 0 Å². The average molecular weight is 353 g/mol. The van der Waals surface area contributed by atoms with Crippen LogP contribution in [0.1, 0.15) is 23.1 Å². The highest BCUT2D eigenvalue weighted by atomic mass is 19.4. The van der Waals surface area contributed by atoms with Crippen molar-refractivity contribution in [2.45, 2.75) is 25.2 Å². The summed E-state index contributed by atoms with van der Waals surface area (Å²) in [4.78, 5) is 5.35. The molecule has 2 N–H and O–H groups in total. The van der Waals surface area contributed by atoms with Crippen LogP contribution in [0.2, 0.25) is 0 Å². The van der Waals surface area contributed by atoms with Gasteiger partial charge in [0.15, 0.2) is 6.10 Å².